The molecule has 2 aromatic rings. The number of sulfonamides is 1. The number of ether oxygens (including phenoxy) is 3. The predicted molar refractivity (Wildman–Crippen MR) is 117 cm³/mol. The highest BCUT2D eigenvalue weighted by Crippen LogP contribution is 2.32. The average molecular weight is 449 g/mol. The number of benzene rings is 2. The zero-order valence-electron chi connectivity index (χ0n) is 18.0. The summed E-state index contributed by atoms with van der Waals surface area (Å²) in [4.78, 5) is 13.2. The number of carbonyl (C=O) groups excluding carboxylic acids is 1. The molecule has 0 saturated carbocycles. The van der Waals surface area contributed by atoms with E-state index in [0.717, 1.165) is 0 Å². The van der Waals surface area contributed by atoms with E-state index >= 15 is 0 Å². The van der Waals surface area contributed by atoms with Crippen LogP contribution in [0.3, 0.4) is 0 Å². The summed E-state index contributed by atoms with van der Waals surface area (Å²) in [6.07, 6.45) is 1.04. The topological polar surface area (TPSA) is 94.2 Å². The second-order valence-corrected chi connectivity index (χ2v) is 8.85. The number of nitrogens with zero attached hydrogens (tertiary/aromatic N) is 1. The van der Waals surface area contributed by atoms with Crippen molar-refractivity contribution in [3.63, 3.8) is 0 Å². The Hall–Kier alpha value is -2.78. The van der Waals surface area contributed by atoms with Crippen LogP contribution in [0.4, 0.5) is 5.69 Å². The second-order valence-electron chi connectivity index (χ2n) is 6.96. The van der Waals surface area contributed by atoms with Gasteiger partial charge in [-0.15, -0.1) is 0 Å². The summed E-state index contributed by atoms with van der Waals surface area (Å²) in [5.74, 6) is 1.26. The lowest BCUT2D eigenvalue weighted by Crippen LogP contribution is -2.43. The van der Waals surface area contributed by atoms with Crippen LogP contribution in [-0.2, 0) is 14.8 Å². The fourth-order valence-electron chi connectivity index (χ4n) is 3.53. The molecular formula is C22H28N2O6S. The molecule has 1 aliphatic heterocycles. The number of methoxy groups -OCH3 is 1. The summed E-state index contributed by atoms with van der Waals surface area (Å²) in [5.41, 5.74) is 0.450. The number of hydrogen-bond donors (Lipinski definition) is 1. The van der Waals surface area contributed by atoms with Crippen molar-refractivity contribution in [2.45, 2.75) is 37.6 Å². The van der Waals surface area contributed by atoms with Crippen LogP contribution >= 0.6 is 0 Å². The molecule has 1 N–H and O–H groups in total. The lowest BCUT2D eigenvalue weighted by atomic mass is 10.2. The Morgan fingerprint density at radius 3 is 2.39 bits per heavy atom. The Morgan fingerprint density at radius 1 is 1.06 bits per heavy atom. The normalized spacial score (nSPS) is 16.7. The van der Waals surface area contributed by atoms with E-state index in [1.807, 2.05) is 13.8 Å². The fourth-order valence-corrected chi connectivity index (χ4v) is 5.19. The molecule has 0 aliphatic carbocycles. The van der Waals surface area contributed by atoms with Gasteiger partial charge in [-0.05, 0) is 63.1 Å². The fraction of sp³-hybridized carbons (Fsp3) is 0.409. The van der Waals surface area contributed by atoms with Gasteiger partial charge in [0.2, 0.25) is 15.9 Å². The zero-order chi connectivity index (χ0) is 22.4. The number of anilines is 1. The highest BCUT2D eigenvalue weighted by atomic mass is 32.2. The van der Waals surface area contributed by atoms with Crippen molar-refractivity contribution < 1.29 is 27.4 Å². The second kappa shape index (κ2) is 10.0. The Balaban J connectivity index is 1.83. The number of hydrogen-bond acceptors (Lipinski definition) is 6. The van der Waals surface area contributed by atoms with Crippen LogP contribution in [0.15, 0.2) is 47.4 Å². The average Bonchev–Trinajstić information content (AvgIpc) is 3.27. The van der Waals surface area contributed by atoms with Gasteiger partial charge in [0.25, 0.3) is 0 Å². The first-order valence-corrected chi connectivity index (χ1v) is 11.7. The molecule has 0 aromatic heterocycles. The van der Waals surface area contributed by atoms with Gasteiger partial charge in [-0.25, -0.2) is 8.42 Å². The smallest absolute Gasteiger partial charge is 0.243 e. The van der Waals surface area contributed by atoms with Crippen LogP contribution in [0, 0.1) is 0 Å². The van der Waals surface area contributed by atoms with E-state index in [1.165, 1.54) is 23.5 Å². The molecule has 9 heteroatoms. The van der Waals surface area contributed by atoms with Crippen molar-refractivity contribution in [1.82, 2.24) is 4.31 Å². The molecule has 0 unspecified atom stereocenters. The quantitative estimate of drug-likeness (QED) is 0.633. The molecule has 8 nitrogen and oxygen atoms in total. The predicted octanol–water partition coefficient (Wildman–Crippen LogP) is 3.28. The standard InChI is InChI=1S/C22H28N2O6S/c1-4-29-17-10-13-21(30-5-2)19(15-17)23-22(25)20-7-6-14-24(20)31(26,27)18-11-8-16(28-3)9-12-18/h8-13,15,20H,4-7,14H2,1-3H3,(H,23,25)/t20-/m1/s1. The summed E-state index contributed by atoms with van der Waals surface area (Å²) in [7, 11) is -2.31. The van der Waals surface area contributed by atoms with Gasteiger partial charge in [-0.2, -0.15) is 4.31 Å². The molecule has 1 heterocycles. The highest BCUT2D eigenvalue weighted by molar-refractivity contribution is 7.89. The van der Waals surface area contributed by atoms with E-state index in [0.29, 0.717) is 49.0 Å². The van der Waals surface area contributed by atoms with Gasteiger partial charge >= 0.3 is 0 Å². The third-order valence-electron chi connectivity index (χ3n) is 4.99. The van der Waals surface area contributed by atoms with Gasteiger partial charge in [-0.3, -0.25) is 4.79 Å². The minimum atomic E-state index is -3.83. The maximum Gasteiger partial charge on any atom is 0.243 e. The number of nitrogens with one attached hydrogen (secondary N) is 1. The Morgan fingerprint density at radius 2 is 1.74 bits per heavy atom. The monoisotopic (exact) mass is 448 g/mol. The van der Waals surface area contributed by atoms with Crippen molar-refractivity contribution >= 4 is 21.6 Å². The molecule has 1 saturated heterocycles. The summed E-state index contributed by atoms with van der Waals surface area (Å²) < 4.78 is 43.8. The number of carbonyl (C=O) groups is 1. The van der Waals surface area contributed by atoms with Crippen LogP contribution in [0.2, 0.25) is 0 Å². The summed E-state index contributed by atoms with van der Waals surface area (Å²) in [5, 5.41) is 2.84. The lowest BCUT2D eigenvalue weighted by molar-refractivity contribution is -0.119. The third kappa shape index (κ3) is 5.11. The van der Waals surface area contributed by atoms with E-state index in [-0.39, 0.29) is 11.4 Å². The third-order valence-corrected chi connectivity index (χ3v) is 6.91. The van der Waals surface area contributed by atoms with Crippen molar-refractivity contribution in [3.05, 3.63) is 42.5 Å². The van der Waals surface area contributed by atoms with Crippen LogP contribution < -0.4 is 19.5 Å². The van der Waals surface area contributed by atoms with Crippen LogP contribution in [0.25, 0.3) is 0 Å². The molecule has 1 fully saturated rings. The minimum absolute atomic E-state index is 0.126. The molecule has 3 rings (SSSR count). The number of amides is 1. The Kier molecular flexibility index (Phi) is 7.40. The molecule has 2 aromatic carbocycles. The van der Waals surface area contributed by atoms with E-state index in [1.54, 1.807) is 30.3 Å². The van der Waals surface area contributed by atoms with Gasteiger partial charge in [0.15, 0.2) is 0 Å². The molecule has 0 bridgehead atoms. The number of rotatable bonds is 9. The van der Waals surface area contributed by atoms with Crippen LogP contribution in [-0.4, -0.2) is 51.5 Å². The van der Waals surface area contributed by atoms with E-state index in [9.17, 15) is 13.2 Å². The van der Waals surface area contributed by atoms with Gasteiger partial charge in [-0.1, -0.05) is 0 Å². The summed E-state index contributed by atoms with van der Waals surface area (Å²) in [6, 6.07) is 10.5. The first-order chi connectivity index (χ1) is 14.9. The molecular weight excluding hydrogens is 420 g/mol. The maximum atomic E-state index is 13.2. The summed E-state index contributed by atoms with van der Waals surface area (Å²) in [6.45, 7) is 4.91. The van der Waals surface area contributed by atoms with Gasteiger partial charge in [0, 0.05) is 12.6 Å². The first kappa shape index (κ1) is 22.9. The van der Waals surface area contributed by atoms with Crippen molar-refractivity contribution in [3.8, 4) is 17.2 Å². The Labute approximate surface area is 183 Å². The lowest BCUT2D eigenvalue weighted by Gasteiger charge is -2.24. The van der Waals surface area contributed by atoms with E-state index in [2.05, 4.69) is 5.32 Å². The van der Waals surface area contributed by atoms with E-state index < -0.39 is 22.0 Å². The maximum absolute atomic E-state index is 13.2. The van der Waals surface area contributed by atoms with Crippen molar-refractivity contribution in [1.29, 1.82) is 0 Å². The molecule has 1 aliphatic rings. The minimum Gasteiger partial charge on any atom is -0.497 e. The van der Waals surface area contributed by atoms with Gasteiger partial charge in [0.1, 0.15) is 23.3 Å². The molecule has 0 spiro atoms. The Bertz CT molecular complexity index is 1010. The SMILES string of the molecule is CCOc1ccc(OCC)c(NC(=O)[C@H]2CCCN2S(=O)(=O)c2ccc(OC)cc2)c1. The first-order valence-electron chi connectivity index (χ1n) is 10.3. The van der Waals surface area contributed by atoms with E-state index in [4.69, 9.17) is 14.2 Å². The molecule has 0 radical (unpaired) electrons. The zero-order valence-corrected chi connectivity index (χ0v) is 18.8. The largest absolute Gasteiger partial charge is 0.497 e. The van der Waals surface area contributed by atoms with Crippen LogP contribution in [0.5, 0.6) is 17.2 Å². The van der Waals surface area contributed by atoms with Crippen LogP contribution in [0.1, 0.15) is 26.7 Å². The molecule has 31 heavy (non-hydrogen) atoms. The van der Waals surface area contributed by atoms with Crippen molar-refractivity contribution in [2.75, 3.05) is 32.2 Å². The molecule has 1 amide bonds. The van der Waals surface area contributed by atoms with Crippen molar-refractivity contribution in [2.24, 2.45) is 0 Å². The highest BCUT2D eigenvalue weighted by Gasteiger charge is 2.39. The summed E-state index contributed by atoms with van der Waals surface area (Å²) >= 11 is 0. The molecule has 168 valence electrons. The van der Waals surface area contributed by atoms with Gasteiger partial charge < -0.3 is 19.5 Å². The molecule has 1 atom stereocenters. The van der Waals surface area contributed by atoms with Gasteiger partial charge in [0.05, 0.1) is 30.9 Å².